The van der Waals surface area contributed by atoms with Crippen molar-refractivity contribution in [1.29, 1.82) is 0 Å². The van der Waals surface area contributed by atoms with Crippen LogP contribution in [0.2, 0.25) is 0 Å². The fourth-order valence-electron chi connectivity index (χ4n) is 2.39. The Bertz CT molecular complexity index is 718. The minimum absolute atomic E-state index is 0.671. The summed E-state index contributed by atoms with van der Waals surface area (Å²) in [6, 6.07) is 19.0. The molecule has 0 aliphatic heterocycles. The molecule has 1 heterocycles. The molecule has 0 atom stereocenters. The molecule has 0 saturated heterocycles. The Hall–Kier alpha value is -2.55. The summed E-state index contributed by atoms with van der Waals surface area (Å²) < 4.78 is 1.69. The minimum atomic E-state index is 0.671. The maximum atomic E-state index is 5.83. The highest BCUT2D eigenvalue weighted by molar-refractivity contribution is 5.69. The molecule has 0 spiro atoms. The predicted octanol–water partition coefficient (Wildman–Crippen LogP) is 3.90. The Labute approximate surface area is 125 Å². The van der Waals surface area contributed by atoms with Crippen molar-refractivity contribution in [1.82, 2.24) is 9.78 Å². The molecule has 2 N–H and O–H groups in total. The molecular formula is C18H19N3. The van der Waals surface area contributed by atoms with Gasteiger partial charge in [-0.2, -0.15) is 5.10 Å². The second kappa shape index (κ2) is 5.44. The smallest absolute Gasteiger partial charge is 0.121 e. The molecule has 0 unspecified atom stereocenters. The topological polar surface area (TPSA) is 43.8 Å². The monoisotopic (exact) mass is 277 g/mol. The van der Waals surface area contributed by atoms with Gasteiger partial charge in [-0.3, -0.25) is 4.68 Å². The van der Waals surface area contributed by atoms with Crippen LogP contribution < -0.4 is 5.73 Å². The number of nitrogen functional groups attached to an aromatic ring is 1. The molecule has 0 aliphatic rings. The molecule has 0 saturated carbocycles. The van der Waals surface area contributed by atoms with Crippen molar-refractivity contribution in [2.45, 2.75) is 13.3 Å². The second-order valence-electron chi connectivity index (χ2n) is 5.21. The molecule has 3 nitrogen and oxygen atoms in total. The Balaban J connectivity index is 1.89. The van der Waals surface area contributed by atoms with E-state index in [2.05, 4.69) is 60.6 Å². The van der Waals surface area contributed by atoms with Gasteiger partial charge in [-0.05, 0) is 23.1 Å². The number of hydrogen-bond acceptors (Lipinski definition) is 2. The minimum Gasteiger partial charge on any atom is -0.384 e. The Morgan fingerprint density at radius 3 is 1.90 bits per heavy atom. The van der Waals surface area contributed by atoms with Gasteiger partial charge in [0.05, 0.1) is 5.69 Å². The summed E-state index contributed by atoms with van der Waals surface area (Å²) in [4.78, 5) is 0. The van der Waals surface area contributed by atoms with Gasteiger partial charge in [-0.25, -0.2) is 0 Å². The highest BCUT2D eigenvalue weighted by atomic mass is 15.3. The third-order valence-electron chi connectivity index (χ3n) is 3.79. The van der Waals surface area contributed by atoms with Crippen LogP contribution in [0.3, 0.4) is 0 Å². The molecule has 3 aromatic rings. The number of aromatic nitrogens is 2. The van der Waals surface area contributed by atoms with Crippen LogP contribution in [-0.4, -0.2) is 9.78 Å². The molecule has 3 rings (SSSR count). The third kappa shape index (κ3) is 2.68. The number of rotatable bonds is 3. The zero-order chi connectivity index (χ0) is 14.8. The van der Waals surface area contributed by atoms with Crippen LogP contribution in [0.5, 0.6) is 0 Å². The van der Waals surface area contributed by atoms with Crippen LogP contribution in [0.25, 0.3) is 22.4 Å². The van der Waals surface area contributed by atoms with Gasteiger partial charge in [0.25, 0.3) is 0 Å². The normalized spacial score (nSPS) is 10.8. The number of anilines is 1. The van der Waals surface area contributed by atoms with Crippen molar-refractivity contribution in [3.05, 3.63) is 60.2 Å². The van der Waals surface area contributed by atoms with Gasteiger partial charge >= 0.3 is 0 Å². The van der Waals surface area contributed by atoms with Gasteiger partial charge in [0.1, 0.15) is 5.82 Å². The predicted molar refractivity (Wildman–Crippen MR) is 87.9 cm³/mol. The molecular weight excluding hydrogens is 258 g/mol. The summed E-state index contributed by atoms with van der Waals surface area (Å²) in [6.45, 7) is 2.17. The number of nitrogens with zero attached hydrogens (tertiary/aromatic N) is 2. The molecule has 3 heteroatoms. The zero-order valence-corrected chi connectivity index (χ0v) is 12.4. The lowest BCUT2D eigenvalue weighted by molar-refractivity contribution is 0.782. The average Bonchev–Trinajstić information content (AvgIpc) is 2.87. The highest BCUT2D eigenvalue weighted by Crippen LogP contribution is 2.25. The first-order chi connectivity index (χ1) is 10.2. The van der Waals surface area contributed by atoms with Gasteiger partial charge in [0.2, 0.25) is 0 Å². The van der Waals surface area contributed by atoms with Gasteiger partial charge in [0.15, 0.2) is 0 Å². The van der Waals surface area contributed by atoms with Crippen LogP contribution in [0.15, 0.2) is 54.6 Å². The van der Waals surface area contributed by atoms with E-state index >= 15 is 0 Å². The molecule has 0 amide bonds. The molecule has 0 aliphatic carbocycles. The van der Waals surface area contributed by atoms with Gasteiger partial charge in [-0.15, -0.1) is 0 Å². The lowest BCUT2D eigenvalue weighted by atomic mass is 10.0. The molecule has 0 radical (unpaired) electrons. The fourth-order valence-corrected chi connectivity index (χ4v) is 2.39. The number of benzene rings is 2. The van der Waals surface area contributed by atoms with Gasteiger partial charge < -0.3 is 5.73 Å². The lowest BCUT2D eigenvalue weighted by Gasteiger charge is -2.04. The van der Waals surface area contributed by atoms with Crippen molar-refractivity contribution >= 4 is 5.82 Å². The van der Waals surface area contributed by atoms with E-state index in [1.54, 1.807) is 4.68 Å². The van der Waals surface area contributed by atoms with Crippen molar-refractivity contribution in [3.8, 4) is 22.4 Å². The summed E-state index contributed by atoms with van der Waals surface area (Å²) in [5.41, 5.74) is 11.6. The van der Waals surface area contributed by atoms with Crippen molar-refractivity contribution < 1.29 is 0 Å². The van der Waals surface area contributed by atoms with Crippen molar-refractivity contribution in [3.63, 3.8) is 0 Å². The first-order valence-corrected chi connectivity index (χ1v) is 7.16. The highest BCUT2D eigenvalue weighted by Gasteiger charge is 2.05. The summed E-state index contributed by atoms with van der Waals surface area (Å²) in [6.07, 6.45) is 1.07. The van der Waals surface area contributed by atoms with Crippen molar-refractivity contribution in [2.75, 3.05) is 5.73 Å². The van der Waals surface area contributed by atoms with Crippen molar-refractivity contribution in [2.24, 2.45) is 7.05 Å². The van der Waals surface area contributed by atoms with E-state index < -0.39 is 0 Å². The first kappa shape index (κ1) is 13.4. The third-order valence-corrected chi connectivity index (χ3v) is 3.79. The van der Waals surface area contributed by atoms with Crippen LogP contribution in [0.4, 0.5) is 5.82 Å². The van der Waals surface area contributed by atoms with Crippen LogP contribution >= 0.6 is 0 Å². The molecule has 0 bridgehead atoms. The molecule has 2 aromatic carbocycles. The zero-order valence-electron chi connectivity index (χ0n) is 12.4. The molecule has 1 aromatic heterocycles. The SMILES string of the molecule is CCc1ccc(-c2ccc(-c3cc(N)n(C)n3)cc2)cc1. The number of hydrogen-bond donors (Lipinski definition) is 1. The quantitative estimate of drug-likeness (QED) is 0.789. The van der Waals surface area contributed by atoms with Crippen LogP contribution in [0.1, 0.15) is 12.5 Å². The van der Waals surface area contributed by atoms with Gasteiger partial charge in [0, 0.05) is 18.7 Å². The maximum absolute atomic E-state index is 5.83. The largest absolute Gasteiger partial charge is 0.384 e. The molecule has 0 fully saturated rings. The average molecular weight is 277 g/mol. The fraction of sp³-hybridized carbons (Fsp3) is 0.167. The van der Waals surface area contributed by atoms with E-state index in [9.17, 15) is 0 Å². The Kier molecular flexibility index (Phi) is 3.48. The first-order valence-electron chi connectivity index (χ1n) is 7.16. The summed E-state index contributed by atoms with van der Waals surface area (Å²) in [5.74, 6) is 0.671. The standard InChI is InChI=1S/C18H19N3/c1-3-13-4-6-14(7-5-13)15-8-10-16(11-9-15)17-12-18(19)21(2)20-17/h4-12H,3,19H2,1-2H3. The Morgan fingerprint density at radius 1 is 0.905 bits per heavy atom. The van der Waals surface area contributed by atoms with E-state index in [0.717, 1.165) is 17.7 Å². The second-order valence-corrected chi connectivity index (χ2v) is 5.21. The van der Waals surface area contributed by atoms with E-state index in [0.29, 0.717) is 5.82 Å². The summed E-state index contributed by atoms with van der Waals surface area (Å²) in [7, 11) is 1.85. The van der Waals surface area contributed by atoms with E-state index in [4.69, 9.17) is 5.73 Å². The van der Waals surface area contributed by atoms with E-state index in [1.807, 2.05) is 13.1 Å². The van der Waals surface area contributed by atoms with Crippen LogP contribution in [0, 0.1) is 0 Å². The van der Waals surface area contributed by atoms with Gasteiger partial charge in [-0.1, -0.05) is 55.5 Å². The molecule has 21 heavy (non-hydrogen) atoms. The molecule has 106 valence electrons. The number of nitrogens with two attached hydrogens (primary N) is 1. The Morgan fingerprint density at radius 2 is 1.43 bits per heavy atom. The lowest BCUT2D eigenvalue weighted by Crippen LogP contribution is -1.96. The summed E-state index contributed by atoms with van der Waals surface area (Å²) in [5, 5.41) is 4.40. The summed E-state index contributed by atoms with van der Waals surface area (Å²) >= 11 is 0. The van der Waals surface area contributed by atoms with E-state index in [-0.39, 0.29) is 0 Å². The van der Waals surface area contributed by atoms with E-state index in [1.165, 1.54) is 16.7 Å². The number of aryl methyl sites for hydroxylation is 2. The maximum Gasteiger partial charge on any atom is 0.121 e. The van der Waals surface area contributed by atoms with Crippen LogP contribution in [-0.2, 0) is 13.5 Å².